The number of hydrogen-bond donors (Lipinski definition) is 0. The van der Waals surface area contributed by atoms with Crippen LogP contribution in [0.15, 0.2) is 18.3 Å². The van der Waals surface area contributed by atoms with Crippen molar-refractivity contribution < 1.29 is 0 Å². The molecule has 0 N–H and O–H groups in total. The fourth-order valence-corrected chi connectivity index (χ4v) is 2.57. The van der Waals surface area contributed by atoms with E-state index in [4.69, 9.17) is 11.6 Å². The zero-order valence-electron chi connectivity index (χ0n) is 9.82. The summed E-state index contributed by atoms with van der Waals surface area (Å²) in [5, 5.41) is 0. The zero-order valence-corrected chi connectivity index (χ0v) is 10.6. The molecule has 0 spiro atoms. The van der Waals surface area contributed by atoms with Crippen LogP contribution in [0.2, 0.25) is 0 Å². The van der Waals surface area contributed by atoms with E-state index in [2.05, 4.69) is 22.9 Å². The van der Waals surface area contributed by atoms with Crippen LogP contribution in [0, 0.1) is 5.92 Å². The Kier molecular flexibility index (Phi) is 4.05. The first-order chi connectivity index (χ1) is 7.83. The highest BCUT2D eigenvalue weighted by Crippen LogP contribution is 2.25. The third kappa shape index (κ3) is 2.67. The van der Waals surface area contributed by atoms with Gasteiger partial charge in [0.05, 0.1) is 0 Å². The molecule has 1 aromatic heterocycles. The van der Waals surface area contributed by atoms with Gasteiger partial charge in [0.25, 0.3) is 0 Å². The summed E-state index contributed by atoms with van der Waals surface area (Å²) < 4.78 is 0. The normalized spacial score (nSPS) is 20.4. The summed E-state index contributed by atoms with van der Waals surface area (Å²) in [5.74, 6) is 2.52. The van der Waals surface area contributed by atoms with Gasteiger partial charge in [0.1, 0.15) is 5.82 Å². The third-order valence-electron chi connectivity index (χ3n) is 3.27. The lowest BCUT2D eigenvalue weighted by Crippen LogP contribution is -2.20. The molecule has 0 aromatic carbocycles. The minimum absolute atomic E-state index is 0.571. The number of hydrogen-bond acceptors (Lipinski definition) is 2. The largest absolute Gasteiger partial charge is 0.356 e. The smallest absolute Gasteiger partial charge is 0.128 e. The van der Waals surface area contributed by atoms with Gasteiger partial charge in [0, 0.05) is 25.2 Å². The minimum Gasteiger partial charge on any atom is -0.356 e. The molecule has 0 bridgehead atoms. The SMILES string of the molecule is CCCC1CCN(c2cc(CCl)ccn2)C1. The Labute approximate surface area is 103 Å². The Morgan fingerprint density at radius 2 is 2.44 bits per heavy atom. The van der Waals surface area contributed by atoms with Crippen molar-refractivity contribution in [3.05, 3.63) is 23.9 Å². The van der Waals surface area contributed by atoms with Crippen LogP contribution < -0.4 is 4.90 Å². The van der Waals surface area contributed by atoms with E-state index < -0.39 is 0 Å². The minimum atomic E-state index is 0.571. The summed E-state index contributed by atoms with van der Waals surface area (Å²) in [6.07, 6.45) is 5.79. The summed E-state index contributed by atoms with van der Waals surface area (Å²) in [6, 6.07) is 4.09. The van der Waals surface area contributed by atoms with Gasteiger partial charge in [-0.15, -0.1) is 11.6 Å². The van der Waals surface area contributed by atoms with Crippen LogP contribution in [-0.4, -0.2) is 18.1 Å². The molecule has 0 aliphatic carbocycles. The lowest BCUT2D eigenvalue weighted by Gasteiger charge is -2.17. The van der Waals surface area contributed by atoms with Crippen LogP contribution in [0.1, 0.15) is 31.7 Å². The number of pyridine rings is 1. The Balaban J connectivity index is 2.02. The van der Waals surface area contributed by atoms with Gasteiger partial charge in [-0.25, -0.2) is 4.98 Å². The van der Waals surface area contributed by atoms with E-state index in [0.717, 1.165) is 30.4 Å². The molecule has 16 heavy (non-hydrogen) atoms. The molecule has 3 heteroatoms. The Morgan fingerprint density at radius 3 is 3.19 bits per heavy atom. The van der Waals surface area contributed by atoms with E-state index in [0.29, 0.717) is 5.88 Å². The number of aromatic nitrogens is 1. The molecule has 1 saturated heterocycles. The molecular formula is C13H19ClN2. The molecule has 1 aliphatic rings. The molecule has 1 aliphatic heterocycles. The number of rotatable bonds is 4. The van der Waals surface area contributed by atoms with E-state index in [1.807, 2.05) is 12.3 Å². The van der Waals surface area contributed by atoms with E-state index in [1.54, 1.807) is 0 Å². The first-order valence-electron chi connectivity index (χ1n) is 6.09. The van der Waals surface area contributed by atoms with Crippen molar-refractivity contribution in [3.63, 3.8) is 0 Å². The predicted molar refractivity (Wildman–Crippen MR) is 69.0 cm³/mol. The second-order valence-electron chi connectivity index (χ2n) is 4.55. The highest BCUT2D eigenvalue weighted by Gasteiger charge is 2.22. The number of alkyl halides is 1. The topological polar surface area (TPSA) is 16.1 Å². The highest BCUT2D eigenvalue weighted by atomic mass is 35.5. The van der Waals surface area contributed by atoms with Crippen molar-refractivity contribution in [2.75, 3.05) is 18.0 Å². The molecule has 1 unspecified atom stereocenters. The average Bonchev–Trinajstić information content (AvgIpc) is 2.78. The van der Waals surface area contributed by atoms with Crippen molar-refractivity contribution in [1.29, 1.82) is 0 Å². The van der Waals surface area contributed by atoms with Crippen LogP contribution in [0.5, 0.6) is 0 Å². The molecule has 2 heterocycles. The first kappa shape index (κ1) is 11.7. The van der Waals surface area contributed by atoms with E-state index in [-0.39, 0.29) is 0 Å². The maximum Gasteiger partial charge on any atom is 0.128 e. The van der Waals surface area contributed by atoms with Crippen LogP contribution in [-0.2, 0) is 5.88 Å². The van der Waals surface area contributed by atoms with Gasteiger partial charge in [-0.3, -0.25) is 0 Å². The van der Waals surface area contributed by atoms with Crippen molar-refractivity contribution in [1.82, 2.24) is 4.98 Å². The van der Waals surface area contributed by atoms with E-state index >= 15 is 0 Å². The summed E-state index contributed by atoms with van der Waals surface area (Å²) in [7, 11) is 0. The Bertz CT molecular complexity index is 340. The zero-order chi connectivity index (χ0) is 11.4. The standard InChI is InChI=1S/C13H19ClN2/c1-2-3-11-5-7-16(10-11)13-8-12(9-14)4-6-15-13/h4,6,8,11H,2-3,5,7,9-10H2,1H3. The fourth-order valence-electron chi connectivity index (χ4n) is 2.40. The lowest BCUT2D eigenvalue weighted by molar-refractivity contribution is 0.529. The Hall–Kier alpha value is -0.760. The van der Waals surface area contributed by atoms with Gasteiger partial charge in [-0.2, -0.15) is 0 Å². The van der Waals surface area contributed by atoms with Gasteiger partial charge in [-0.1, -0.05) is 13.3 Å². The van der Waals surface area contributed by atoms with Gasteiger partial charge in [0.15, 0.2) is 0 Å². The lowest BCUT2D eigenvalue weighted by atomic mass is 10.0. The fraction of sp³-hybridized carbons (Fsp3) is 0.615. The van der Waals surface area contributed by atoms with Crippen molar-refractivity contribution >= 4 is 17.4 Å². The molecule has 1 aromatic rings. The van der Waals surface area contributed by atoms with Crippen LogP contribution in [0.3, 0.4) is 0 Å². The summed E-state index contributed by atoms with van der Waals surface area (Å²) in [6.45, 7) is 4.56. The molecule has 0 saturated carbocycles. The van der Waals surface area contributed by atoms with Crippen LogP contribution in [0.4, 0.5) is 5.82 Å². The third-order valence-corrected chi connectivity index (χ3v) is 3.58. The Morgan fingerprint density at radius 1 is 1.56 bits per heavy atom. The quantitative estimate of drug-likeness (QED) is 0.747. The van der Waals surface area contributed by atoms with Crippen molar-refractivity contribution in [2.24, 2.45) is 5.92 Å². The summed E-state index contributed by atoms with van der Waals surface area (Å²) in [5.41, 5.74) is 1.16. The van der Waals surface area contributed by atoms with E-state index in [9.17, 15) is 0 Å². The molecule has 1 fully saturated rings. The van der Waals surface area contributed by atoms with Gasteiger partial charge in [-0.05, 0) is 36.5 Å². The van der Waals surface area contributed by atoms with Gasteiger partial charge >= 0.3 is 0 Å². The molecule has 1 atom stereocenters. The maximum atomic E-state index is 5.84. The summed E-state index contributed by atoms with van der Waals surface area (Å²) in [4.78, 5) is 6.82. The van der Waals surface area contributed by atoms with Crippen molar-refractivity contribution in [2.45, 2.75) is 32.1 Å². The second-order valence-corrected chi connectivity index (χ2v) is 4.81. The highest BCUT2D eigenvalue weighted by molar-refractivity contribution is 6.17. The first-order valence-corrected chi connectivity index (χ1v) is 6.62. The number of halogens is 1. The molecule has 0 radical (unpaired) electrons. The van der Waals surface area contributed by atoms with Gasteiger partial charge in [0.2, 0.25) is 0 Å². The van der Waals surface area contributed by atoms with E-state index in [1.165, 1.54) is 19.3 Å². The van der Waals surface area contributed by atoms with Crippen LogP contribution in [0.25, 0.3) is 0 Å². The maximum absolute atomic E-state index is 5.84. The number of anilines is 1. The van der Waals surface area contributed by atoms with Crippen LogP contribution >= 0.6 is 11.6 Å². The number of nitrogens with zero attached hydrogens (tertiary/aromatic N) is 2. The predicted octanol–water partition coefficient (Wildman–Crippen LogP) is 3.45. The van der Waals surface area contributed by atoms with Crippen molar-refractivity contribution in [3.8, 4) is 0 Å². The average molecular weight is 239 g/mol. The molecule has 2 nitrogen and oxygen atoms in total. The van der Waals surface area contributed by atoms with Gasteiger partial charge < -0.3 is 4.90 Å². The molecule has 88 valence electrons. The summed E-state index contributed by atoms with van der Waals surface area (Å²) >= 11 is 5.84. The molecule has 0 amide bonds. The second kappa shape index (κ2) is 5.53. The molecular weight excluding hydrogens is 220 g/mol. The monoisotopic (exact) mass is 238 g/mol. The molecule has 2 rings (SSSR count).